The summed E-state index contributed by atoms with van der Waals surface area (Å²) in [6, 6.07) is 0.601. The van der Waals surface area contributed by atoms with Gasteiger partial charge in [0.1, 0.15) is 0 Å². The third-order valence-corrected chi connectivity index (χ3v) is 4.62. The first-order chi connectivity index (χ1) is 9.79. The number of ether oxygens (including phenoxy) is 3. The number of methoxy groups -OCH3 is 1. The summed E-state index contributed by atoms with van der Waals surface area (Å²) in [5.41, 5.74) is 5.74. The van der Waals surface area contributed by atoms with Crippen molar-refractivity contribution in [3.05, 3.63) is 0 Å². The molecular formula is C15H30N2O3. The van der Waals surface area contributed by atoms with E-state index >= 15 is 0 Å². The highest BCUT2D eigenvalue weighted by Gasteiger charge is 2.40. The monoisotopic (exact) mass is 286 g/mol. The lowest BCUT2D eigenvalue weighted by Gasteiger charge is -2.46. The van der Waals surface area contributed by atoms with E-state index < -0.39 is 0 Å². The topological polar surface area (TPSA) is 57.0 Å². The zero-order chi connectivity index (χ0) is 14.3. The molecule has 1 unspecified atom stereocenters. The van der Waals surface area contributed by atoms with Gasteiger partial charge in [-0.2, -0.15) is 0 Å². The normalized spacial score (nSPS) is 26.2. The van der Waals surface area contributed by atoms with Crippen LogP contribution in [0.4, 0.5) is 0 Å². The van der Waals surface area contributed by atoms with Gasteiger partial charge in [-0.25, -0.2) is 0 Å². The first kappa shape index (κ1) is 16.2. The van der Waals surface area contributed by atoms with Crippen LogP contribution in [0.15, 0.2) is 0 Å². The quantitative estimate of drug-likeness (QED) is 0.757. The molecule has 0 aromatic heterocycles. The molecule has 2 rings (SSSR count). The van der Waals surface area contributed by atoms with Gasteiger partial charge in [-0.1, -0.05) is 0 Å². The van der Waals surface area contributed by atoms with Crippen LogP contribution in [0.3, 0.4) is 0 Å². The van der Waals surface area contributed by atoms with Crippen molar-refractivity contribution in [2.45, 2.75) is 43.7 Å². The minimum absolute atomic E-state index is 0.0647. The van der Waals surface area contributed by atoms with Crippen LogP contribution < -0.4 is 5.73 Å². The Morgan fingerprint density at radius 2 is 2.05 bits per heavy atom. The molecule has 1 spiro atoms. The maximum absolute atomic E-state index is 6.13. The summed E-state index contributed by atoms with van der Waals surface area (Å²) >= 11 is 0. The zero-order valence-electron chi connectivity index (χ0n) is 12.8. The highest BCUT2D eigenvalue weighted by atomic mass is 16.5. The zero-order valence-corrected chi connectivity index (χ0v) is 12.8. The molecule has 0 radical (unpaired) electrons. The Bertz CT molecular complexity index is 256. The van der Waals surface area contributed by atoms with Crippen LogP contribution in [-0.2, 0) is 14.2 Å². The average molecular weight is 286 g/mol. The van der Waals surface area contributed by atoms with E-state index in [0.29, 0.717) is 6.04 Å². The Hall–Kier alpha value is -0.200. The molecule has 2 heterocycles. The predicted molar refractivity (Wildman–Crippen MR) is 78.9 cm³/mol. The van der Waals surface area contributed by atoms with Crippen molar-refractivity contribution in [2.24, 2.45) is 5.73 Å². The lowest BCUT2D eigenvalue weighted by molar-refractivity contribution is -0.152. The smallest absolute Gasteiger partial charge is 0.0741 e. The number of nitrogens with zero attached hydrogens (tertiary/aromatic N) is 1. The fourth-order valence-corrected chi connectivity index (χ4v) is 3.39. The summed E-state index contributed by atoms with van der Waals surface area (Å²) in [5.74, 6) is 0. The van der Waals surface area contributed by atoms with Crippen LogP contribution in [0.25, 0.3) is 0 Å². The summed E-state index contributed by atoms with van der Waals surface area (Å²) in [6.07, 6.45) is 5.38. The molecule has 0 saturated carbocycles. The molecule has 0 aliphatic carbocycles. The Kier molecular flexibility index (Phi) is 6.71. The van der Waals surface area contributed by atoms with Crippen LogP contribution in [0, 0.1) is 0 Å². The number of hydrogen-bond acceptors (Lipinski definition) is 5. The minimum Gasteiger partial charge on any atom is -0.383 e. The predicted octanol–water partition coefficient (Wildman–Crippen LogP) is 1.01. The summed E-state index contributed by atoms with van der Waals surface area (Å²) in [6.45, 7) is 6.16. The van der Waals surface area contributed by atoms with Gasteiger partial charge in [-0.3, -0.25) is 4.90 Å². The van der Waals surface area contributed by atoms with Crippen molar-refractivity contribution in [1.29, 1.82) is 0 Å². The van der Waals surface area contributed by atoms with E-state index in [-0.39, 0.29) is 5.60 Å². The SMILES string of the molecule is COCCN(CCCN)C1CCOC2(CCOCC2)C1. The largest absolute Gasteiger partial charge is 0.383 e. The lowest BCUT2D eigenvalue weighted by Crippen LogP contribution is -2.52. The highest BCUT2D eigenvalue weighted by Crippen LogP contribution is 2.36. The Labute approximate surface area is 122 Å². The third kappa shape index (κ3) is 4.40. The van der Waals surface area contributed by atoms with Gasteiger partial charge in [0.2, 0.25) is 0 Å². The van der Waals surface area contributed by atoms with E-state index in [2.05, 4.69) is 4.90 Å². The molecule has 118 valence electrons. The van der Waals surface area contributed by atoms with Gasteiger partial charge in [0.05, 0.1) is 12.2 Å². The molecule has 0 amide bonds. The van der Waals surface area contributed by atoms with Gasteiger partial charge >= 0.3 is 0 Å². The molecule has 0 aromatic carbocycles. The summed E-state index contributed by atoms with van der Waals surface area (Å²) in [5, 5.41) is 0. The number of hydrogen-bond donors (Lipinski definition) is 1. The van der Waals surface area contributed by atoms with Gasteiger partial charge in [-0.05, 0) is 45.2 Å². The first-order valence-corrected chi connectivity index (χ1v) is 7.94. The van der Waals surface area contributed by atoms with Crippen molar-refractivity contribution < 1.29 is 14.2 Å². The number of nitrogens with two attached hydrogens (primary N) is 1. The molecule has 2 N–H and O–H groups in total. The van der Waals surface area contributed by atoms with E-state index in [9.17, 15) is 0 Å². The van der Waals surface area contributed by atoms with Crippen molar-refractivity contribution in [1.82, 2.24) is 4.90 Å². The third-order valence-electron chi connectivity index (χ3n) is 4.62. The van der Waals surface area contributed by atoms with Crippen LogP contribution >= 0.6 is 0 Å². The van der Waals surface area contributed by atoms with Gasteiger partial charge in [-0.15, -0.1) is 0 Å². The second-order valence-corrected chi connectivity index (χ2v) is 5.96. The molecule has 5 nitrogen and oxygen atoms in total. The molecule has 20 heavy (non-hydrogen) atoms. The standard InChI is InChI=1S/C15H30N2O3/c1-18-12-8-17(7-2-6-16)14-3-9-20-15(13-14)4-10-19-11-5-15/h14H,2-13,16H2,1H3. The second-order valence-electron chi connectivity index (χ2n) is 5.96. The summed E-state index contributed by atoms with van der Waals surface area (Å²) in [4.78, 5) is 2.55. The molecule has 0 bridgehead atoms. The van der Waals surface area contributed by atoms with Crippen molar-refractivity contribution in [3.8, 4) is 0 Å². The summed E-state index contributed by atoms with van der Waals surface area (Å²) in [7, 11) is 1.77. The summed E-state index contributed by atoms with van der Waals surface area (Å²) < 4.78 is 16.9. The maximum Gasteiger partial charge on any atom is 0.0741 e. The lowest BCUT2D eigenvalue weighted by atomic mass is 9.83. The Morgan fingerprint density at radius 1 is 1.25 bits per heavy atom. The van der Waals surface area contributed by atoms with E-state index in [1.54, 1.807) is 7.11 Å². The van der Waals surface area contributed by atoms with Crippen LogP contribution in [-0.4, -0.2) is 69.7 Å². The molecule has 2 fully saturated rings. The Balaban J connectivity index is 1.92. The minimum atomic E-state index is 0.0647. The van der Waals surface area contributed by atoms with Gasteiger partial charge in [0.15, 0.2) is 0 Å². The van der Waals surface area contributed by atoms with Crippen LogP contribution in [0.1, 0.15) is 32.1 Å². The van der Waals surface area contributed by atoms with E-state index in [4.69, 9.17) is 19.9 Å². The van der Waals surface area contributed by atoms with Crippen LogP contribution in [0.2, 0.25) is 0 Å². The highest BCUT2D eigenvalue weighted by molar-refractivity contribution is 4.92. The number of rotatable bonds is 7. The molecule has 2 aliphatic heterocycles. The van der Waals surface area contributed by atoms with Gasteiger partial charge in [0.25, 0.3) is 0 Å². The van der Waals surface area contributed by atoms with E-state index in [1.165, 1.54) is 0 Å². The van der Waals surface area contributed by atoms with Gasteiger partial charge < -0.3 is 19.9 Å². The van der Waals surface area contributed by atoms with E-state index in [0.717, 1.165) is 78.2 Å². The van der Waals surface area contributed by atoms with Gasteiger partial charge in [0, 0.05) is 39.5 Å². The fourth-order valence-electron chi connectivity index (χ4n) is 3.39. The van der Waals surface area contributed by atoms with E-state index in [1.807, 2.05) is 0 Å². The van der Waals surface area contributed by atoms with Crippen LogP contribution in [0.5, 0.6) is 0 Å². The molecule has 5 heteroatoms. The molecular weight excluding hydrogens is 256 g/mol. The molecule has 1 atom stereocenters. The van der Waals surface area contributed by atoms with Crippen molar-refractivity contribution in [2.75, 3.05) is 53.2 Å². The van der Waals surface area contributed by atoms with Crippen molar-refractivity contribution in [3.63, 3.8) is 0 Å². The molecule has 2 saturated heterocycles. The fraction of sp³-hybridized carbons (Fsp3) is 1.00. The second kappa shape index (κ2) is 8.29. The molecule has 0 aromatic rings. The maximum atomic E-state index is 6.13. The van der Waals surface area contributed by atoms with Crippen molar-refractivity contribution >= 4 is 0 Å². The Morgan fingerprint density at radius 3 is 2.75 bits per heavy atom. The first-order valence-electron chi connectivity index (χ1n) is 7.94. The molecule has 2 aliphatic rings. The average Bonchev–Trinajstić information content (AvgIpc) is 2.48.